The highest BCUT2D eigenvalue weighted by Gasteiger charge is 2.40. The molecular weight excluding hydrogens is 287 g/mol. The fraction of sp³-hybridized carbons (Fsp3) is 0.812. The topological polar surface area (TPSA) is 52.6 Å². The molecule has 0 aromatic rings. The van der Waals surface area contributed by atoms with Crippen LogP contribution >= 0.6 is 7.60 Å². The lowest BCUT2D eigenvalue weighted by atomic mass is 9.85. The second-order valence-corrected chi connectivity index (χ2v) is 9.88. The van der Waals surface area contributed by atoms with Gasteiger partial charge in [-0.1, -0.05) is 19.9 Å². The van der Waals surface area contributed by atoms with Gasteiger partial charge < -0.3 is 9.05 Å². The van der Waals surface area contributed by atoms with E-state index >= 15 is 0 Å². The molecule has 0 aromatic carbocycles. The van der Waals surface area contributed by atoms with Crippen molar-refractivity contribution >= 4 is 13.4 Å². The summed E-state index contributed by atoms with van der Waals surface area (Å²) in [4.78, 5) is 12.5. The summed E-state index contributed by atoms with van der Waals surface area (Å²) < 4.78 is 24.3. The third-order valence-corrected chi connectivity index (χ3v) is 4.90. The lowest BCUT2D eigenvalue weighted by Crippen LogP contribution is -2.31. The van der Waals surface area contributed by atoms with E-state index in [0.717, 1.165) is 0 Å². The Labute approximate surface area is 129 Å². The minimum Gasteiger partial charge on any atom is -0.302 e. The lowest BCUT2D eigenvalue weighted by Gasteiger charge is -2.33. The van der Waals surface area contributed by atoms with Gasteiger partial charge in [0.15, 0.2) is 5.78 Å². The Morgan fingerprint density at radius 1 is 1.00 bits per heavy atom. The van der Waals surface area contributed by atoms with Crippen LogP contribution in [-0.4, -0.2) is 23.1 Å². The highest BCUT2D eigenvalue weighted by Crippen LogP contribution is 2.55. The molecule has 0 fully saturated rings. The zero-order valence-electron chi connectivity index (χ0n) is 14.8. The molecule has 0 amide bonds. The first-order valence-electron chi connectivity index (χ1n) is 7.25. The largest absolute Gasteiger partial charge is 0.339 e. The van der Waals surface area contributed by atoms with Crippen molar-refractivity contribution in [3.05, 3.63) is 12.7 Å². The standard InChI is InChI=1S/C16H31O4P/c1-10-11-16(8,9)13(17)12-21(18,19-14(2,3)4)20-15(5,6)7/h10H,1,11-12H2,2-9H3. The van der Waals surface area contributed by atoms with Gasteiger partial charge in [-0.15, -0.1) is 6.58 Å². The maximum Gasteiger partial charge on any atom is 0.339 e. The monoisotopic (exact) mass is 318 g/mol. The van der Waals surface area contributed by atoms with Crippen molar-refractivity contribution in [1.29, 1.82) is 0 Å². The average molecular weight is 318 g/mol. The van der Waals surface area contributed by atoms with Crippen molar-refractivity contribution in [1.82, 2.24) is 0 Å². The van der Waals surface area contributed by atoms with Crippen LogP contribution in [0.1, 0.15) is 61.8 Å². The normalized spacial score (nSPS) is 14.1. The Kier molecular flexibility index (Phi) is 6.62. The zero-order chi connectivity index (χ0) is 17.1. The van der Waals surface area contributed by atoms with Gasteiger partial charge in [0.2, 0.25) is 0 Å². The summed E-state index contributed by atoms with van der Waals surface area (Å²) in [5, 5.41) is 0. The van der Waals surface area contributed by atoms with Gasteiger partial charge in [-0.2, -0.15) is 0 Å². The van der Waals surface area contributed by atoms with E-state index in [1.165, 1.54) is 0 Å². The molecule has 0 radical (unpaired) electrons. The van der Waals surface area contributed by atoms with E-state index in [1.807, 2.05) is 13.8 Å². The number of ketones is 1. The molecule has 0 rings (SSSR count). The minimum absolute atomic E-state index is 0.140. The number of hydrogen-bond donors (Lipinski definition) is 0. The summed E-state index contributed by atoms with van der Waals surface area (Å²) in [5.74, 6) is -0.140. The predicted octanol–water partition coefficient (Wildman–Crippen LogP) is 4.98. The van der Waals surface area contributed by atoms with Crippen LogP contribution in [0.25, 0.3) is 0 Å². The summed E-state index contributed by atoms with van der Waals surface area (Å²) in [7, 11) is -3.52. The van der Waals surface area contributed by atoms with Crippen molar-refractivity contribution < 1.29 is 18.4 Å². The van der Waals surface area contributed by atoms with Gasteiger partial charge in [0.25, 0.3) is 0 Å². The van der Waals surface area contributed by atoms with Crippen LogP contribution in [0.15, 0.2) is 12.7 Å². The molecule has 0 saturated carbocycles. The molecule has 0 aliphatic carbocycles. The molecule has 5 heteroatoms. The van der Waals surface area contributed by atoms with Crippen LogP contribution in [0.3, 0.4) is 0 Å². The Morgan fingerprint density at radius 2 is 1.38 bits per heavy atom. The summed E-state index contributed by atoms with van der Waals surface area (Å²) in [6, 6.07) is 0. The smallest absolute Gasteiger partial charge is 0.302 e. The van der Waals surface area contributed by atoms with Crippen molar-refractivity contribution in [3.8, 4) is 0 Å². The number of allylic oxidation sites excluding steroid dienone is 1. The van der Waals surface area contributed by atoms with Crippen molar-refractivity contribution in [2.75, 3.05) is 6.16 Å². The predicted molar refractivity (Wildman–Crippen MR) is 87.8 cm³/mol. The molecule has 21 heavy (non-hydrogen) atoms. The lowest BCUT2D eigenvalue weighted by molar-refractivity contribution is -0.124. The van der Waals surface area contributed by atoms with E-state index in [9.17, 15) is 9.36 Å². The number of carbonyl (C=O) groups excluding carboxylic acids is 1. The zero-order valence-corrected chi connectivity index (χ0v) is 15.7. The summed E-state index contributed by atoms with van der Waals surface area (Å²) in [6.07, 6.45) is 2.00. The first-order valence-corrected chi connectivity index (χ1v) is 8.98. The van der Waals surface area contributed by atoms with Crippen LogP contribution < -0.4 is 0 Å². The maximum absolute atomic E-state index is 13.0. The first-order chi connectivity index (χ1) is 9.10. The van der Waals surface area contributed by atoms with E-state index in [-0.39, 0.29) is 11.9 Å². The Balaban J connectivity index is 5.30. The SMILES string of the molecule is C=CCC(C)(C)C(=O)CP(=O)(OC(C)(C)C)OC(C)(C)C. The van der Waals surface area contributed by atoms with Crippen LogP contribution in [0, 0.1) is 5.41 Å². The van der Waals surface area contributed by atoms with Crippen LogP contribution in [0.5, 0.6) is 0 Å². The number of carbonyl (C=O) groups is 1. The third-order valence-electron chi connectivity index (χ3n) is 2.57. The van der Waals surface area contributed by atoms with Gasteiger partial charge in [0.1, 0.15) is 6.16 Å². The molecule has 0 aliphatic heterocycles. The second-order valence-electron chi connectivity index (χ2n) is 7.98. The molecule has 0 aliphatic rings. The maximum atomic E-state index is 13.0. The van der Waals surface area contributed by atoms with E-state index in [1.54, 1.807) is 47.6 Å². The fourth-order valence-corrected chi connectivity index (χ4v) is 4.40. The second kappa shape index (κ2) is 6.76. The quantitative estimate of drug-likeness (QED) is 0.490. The number of hydrogen-bond acceptors (Lipinski definition) is 4. The first kappa shape index (κ1) is 20.6. The van der Waals surface area contributed by atoms with Crippen molar-refractivity contribution in [3.63, 3.8) is 0 Å². The molecule has 0 atom stereocenters. The Hall–Kier alpha value is -0.440. The molecule has 0 heterocycles. The molecule has 0 unspecified atom stereocenters. The van der Waals surface area contributed by atoms with E-state index in [4.69, 9.17) is 9.05 Å². The highest BCUT2D eigenvalue weighted by molar-refractivity contribution is 7.55. The molecule has 124 valence electrons. The average Bonchev–Trinajstić information content (AvgIpc) is 2.09. The Bertz CT molecular complexity index is 405. The summed E-state index contributed by atoms with van der Waals surface area (Å²) >= 11 is 0. The van der Waals surface area contributed by atoms with Crippen molar-refractivity contribution in [2.24, 2.45) is 5.41 Å². The molecule has 4 nitrogen and oxygen atoms in total. The number of Topliss-reactive ketones (excluding diaryl/α,β-unsaturated/α-hetero) is 1. The summed E-state index contributed by atoms with van der Waals surface area (Å²) in [6.45, 7) is 18.1. The molecule has 0 bridgehead atoms. The van der Waals surface area contributed by atoms with Gasteiger partial charge in [0, 0.05) is 5.41 Å². The van der Waals surface area contributed by atoms with Gasteiger partial charge in [-0.05, 0) is 48.0 Å². The van der Waals surface area contributed by atoms with Crippen molar-refractivity contribution in [2.45, 2.75) is 73.0 Å². The van der Waals surface area contributed by atoms with Crippen LogP contribution in [0.4, 0.5) is 0 Å². The minimum atomic E-state index is -3.52. The van der Waals surface area contributed by atoms with E-state index in [2.05, 4.69) is 6.58 Å². The molecule has 0 saturated heterocycles. The van der Waals surface area contributed by atoms with E-state index in [0.29, 0.717) is 6.42 Å². The van der Waals surface area contributed by atoms with Gasteiger partial charge in [-0.25, -0.2) is 0 Å². The van der Waals surface area contributed by atoms with Gasteiger partial charge in [-0.3, -0.25) is 9.36 Å². The summed E-state index contributed by atoms with van der Waals surface area (Å²) in [5.41, 5.74) is -1.92. The molecular formula is C16H31O4P. The van der Waals surface area contributed by atoms with E-state index < -0.39 is 24.2 Å². The van der Waals surface area contributed by atoms with Gasteiger partial charge >= 0.3 is 7.60 Å². The molecule has 0 N–H and O–H groups in total. The van der Waals surface area contributed by atoms with Crippen LogP contribution in [0.2, 0.25) is 0 Å². The third kappa shape index (κ3) is 8.55. The highest BCUT2D eigenvalue weighted by atomic mass is 31.2. The van der Waals surface area contributed by atoms with Crippen LogP contribution in [-0.2, 0) is 18.4 Å². The molecule has 0 spiro atoms. The number of rotatable bonds is 7. The van der Waals surface area contributed by atoms with Gasteiger partial charge in [0.05, 0.1) is 11.2 Å². The molecule has 0 aromatic heterocycles. The Morgan fingerprint density at radius 3 is 1.67 bits per heavy atom. The fourth-order valence-electron chi connectivity index (χ4n) is 1.78.